The Morgan fingerprint density at radius 3 is 2.63 bits per heavy atom. The molecule has 0 bridgehead atoms. The molecule has 154 valence electrons. The first kappa shape index (κ1) is 20.4. The second-order valence-electron chi connectivity index (χ2n) is 7.89. The largest absolute Gasteiger partial charge is 0.381 e. The standard InChI is InChI=1S/C19H34N4O4/c1-23(2)17(24)13-21-18(22-15-6-10-25-11-7-15)20-12-16-14-26-19(27-16)8-4-3-5-9-19/h15-16H,3-14H2,1-2H3,(H2,20,21,22). The van der Waals surface area contributed by atoms with E-state index >= 15 is 0 Å². The van der Waals surface area contributed by atoms with Gasteiger partial charge in [-0.05, 0) is 25.7 Å². The summed E-state index contributed by atoms with van der Waals surface area (Å²) in [6.07, 6.45) is 7.47. The molecule has 8 heteroatoms. The first-order chi connectivity index (χ1) is 13.1. The molecule has 3 aliphatic rings. The number of carbonyl (C=O) groups excluding carboxylic acids is 1. The van der Waals surface area contributed by atoms with Gasteiger partial charge in [0.1, 0.15) is 12.6 Å². The Hall–Kier alpha value is -1.38. The Morgan fingerprint density at radius 1 is 1.19 bits per heavy atom. The van der Waals surface area contributed by atoms with Crippen molar-refractivity contribution < 1.29 is 19.0 Å². The summed E-state index contributed by atoms with van der Waals surface area (Å²) >= 11 is 0. The average molecular weight is 383 g/mol. The van der Waals surface area contributed by atoms with Crippen molar-refractivity contribution in [2.24, 2.45) is 4.99 Å². The average Bonchev–Trinajstić information content (AvgIpc) is 3.07. The van der Waals surface area contributed by atoms with Crippen LogP contribution in [0.1, 0.15) is 44.9 Å². The second-order valence-corrected chi connectivity index (χ2v) is 7.89. The molecule has 1 saturated carbocycles. The summed E-state index contributed by atoms with van der Waals surface area (Å²) < 4.78 is 17.7. The van der Waals surface area contributed by atoms with E-state index in [2.05, 4.69) is 15.6 Å². The highest BCUT2D eigenvalue weighted by Crippen LogP contribution is 2.37. The molecule has 2 aliphatic heterocycles. The lowest BCUT2D eigenvalue weighted by Crippen LogP contribution is -2.48. The third kappa shape index (κ3) is 6.05. The van der Waals surface area contributed by atoms with Gasteiger partial charge in [0.25, 0.3) is 0 Å². The molecule has 3 rings (SSSR count). The maximum absolute atomic E-state index is 11.9. The van der Waals surface area contributed by atoms with Crippen LogP contribution in [0, 0.1) is 0 Å². The van der Waals surface area contributed by atoms with E-state index < -0.39 is 0 Å². The van der Waals surface area contributed by atoms with Gasteiger partial charge >= 0.3 is 0 Å². The number of nitrogens with one attached hydrogen (secondary N) is 2. The molecule has 1 amide bonds. The first-order valence-corrected chi connectivity index (χ1v) is 10.2. The summed E-state index contributed by atoms with van der Waals surface area (Å²) in [6.45, 7) is 2.85. The molecule has 1 aliphatic carbocycles. The number of aliphatic imine (C=N–C) groups is 1. The normalized spacial score (nSPS) is 26.1. The van der Waals surface area contributed by atoms with Gasteiger partial charge in [0.05, 0.1) is 6.61 Å². The molecule has 1 atom stereocenters. The number of likely N-dealkylation sites (N-methyl/N-ethyl adjacent to an activating group) is 1. The lowest BCUT2D eigenvalue weighted by Gasteiger charge is -2.31. The Kier molecular flexibility index (Phi) is 7.32. The van der Waals surface area contributed by atoms with Gasteiger partial charge in [-0.25, -0.2) is 4.99 Å². The summed E-state index contributed by atoms with van der Waals surface area (Å²) in [5, 5.41) is 6.78. The number of ether oxygens (including phenoxy) is 3. The monoisotopic (exact) mass is 382 g/mol. The van der Waals surface area contributed by atoms with Crippen molar-refractivity contribution in [2.75, 3.05) is 47.0 Å². The molecule has 2 saturated heterocycles. The maximum Gasteiger partial charge on any atom is 0.243 e. The SMILES string of the molecule is CN(C)C(=O)CN=C(NCC1COC2(CCCCC2)O1)NC1CCOCC1. The molecule has 1 unspecified atom stereocenters. The van der Waals surface area contributed by atoms with Crippen molar-refractivity contribution in [2.45, 2.75) is 62.9 Å². The van der Waals surface area contributed by atoms with E-state index in [4.69, 9.17) is 14.2 Å². The quantitative estimate of drug-likeness (QED) is 0.542. The van der Waals surface area contributed by atoms with E-state index in [1.165, 1.54) is 19.3 Å². The predicted molar refractivity (Wildman–Crippen MR) is 103 cm³/mol. The second kappa shape index (κ2) is 9.71. The van der Waals surface area contributed by atoms with E-state index in [0.717, 1.165) is 38.9 Å². The fourth-order valence-corrected chi connectivity index (χ4v) is 3.76. The van der Waals surface area contributed by atoms with Gasteiger partial charge in [-0.2, -0.15) is 0 Å². The third-order valence-corrected chi connectivity index (χ3v) is 5.46. The number of amides is 1. The zero-order chi connectivity index (χ0) is 19.1. The molecule has 8 nitrogen and oxygen atoms in total. The van der Waals surface area contributed by atoms with E-state index in [9.17, 15) is 4.79 Å². The van der Waals surface area contributed by atoms with Crippen LogP contribution in [0.15, 0.2) is 4.99 Å². The lowest BCUT2D eigenvalue weighted by molar-refractivity contribution is -0.186. The Balaban J connectivity index is 1.52. The van der Waals surface area contributed by atoms with Gasteiger partial charge in [0.15, 0.2) is 11.7 Å². The zero-order valence-corrected chi connectivity index (χ0v) is 16.7. The highest BCUT2D eigenvalue weighted by atomic mass is 16.7. The summed E-state index contributed by atoms with van der Waals surface area (Å²) in [5.74, 6) is 0.270. The molecule has 3 fully saturated rings. The molecular formula is C19H34N4O4. The van der Waals surface area contributed by atoms with Gasteiger partial charge in [-0.1, -0.05) is 6.42 Å². The molecule has 2 N–H and O–H groups in total. The molecule has 0 aromatic heterocycles. The van der Waals surface area contributed by atoms with E-state index in [0.29, 0.717) is 25.2 Å². The van der Waals surface area contributed by atoms with E-state index in [1.807, 2.05) is 0 Å². The van der Waals surface area contributed by atoms with Crippen LogP contribution in [0.5, 0.6) is 0 Å². The highest BCUT2D eigenvalue weighted by molar-refractivity contribution is 5.84. The number of guanidine groups is 1. The van der Waals surface area contributed by atoms with Crippen LogP contribution in [0.2, 0.25) is 0 Å². The first-order valence-electron chi connectivity index (χ1n) is 10.2. The predicted octanol–water partition coefficient (Wildman–Crippen LogP) is 0.865. The van der Waals surface area contributed by atoms with E-state index in [1.54, 1.807) is 19.0 Å². The molecule has 1 spiro atoms. The molecule has 0 aromatic carbocycles. The van der Waals surface area contributed by atoms with Crippen molar-refractivity contribution in [3.63, 3.8) is 0 Å². The van der Waals surface area contributed by atoms with E-state index in [-0.39, 0.29) is 24.3 Å². The van der Waals surface area contributed by atoms with Crippen molar-refractivity contribution in [1.82, 2.24) is 15.5 Å². The van der Waals surface area contributed by atoms with Crippen LogP contribution in [0.25, 0.3) is 0 Å². The third-order valence-electron chi connectivity index (χ3n) is 5.46. The highest BCUT2D eigenvalue weighted by Gasteiger charge is 2.42. The van der Waals surface area contributed by atoms with Gasteiger partial charge in [0.2, 0.25) is 5.91 Å². The van der Waals surface area contributed by atoms with Gasteiger partial charge in [-0.3, -0.25) is 4.79 Å². The summed E-state index contributed by atoms with van der Waals surface area (Å²) in [4.78, 5) is 17.9. The van der Waals surface area contributed by atoms with Crippen LogP contribution >= 0.6 is 0 Å². The topological polar surface area (TPSA) is 84.4 Å². The summed E-state index contributed by atoms with van der Waals surface area (Å²) in [6, 6.07) is 0.310. The van der Waals surface area contributed by atoms with Crippen molar-refractivity contribution in [3.05, 3.63) is 0 Å². The maximum atomic E-state index is 11.9. The zero-order valence-electron chi connectivity index (χ0n) is 16.7. The number of nitrogens with zero attached hydrogens (tertiary/aromatic N) is 2. The minimum Gasteiger partial charge on any atom is -0.381 e. The molecular weight excluding hydrogens is 348 g/mol. The Morgan fingerprint density at radius 2 is 1.93 bits per heavy atom. The fraction of sp³-hybridized carbons (Fsp3) is 0.895. The van der Waals surface area contributed by atoms with Crippen LogP contribution in [0.4, 0.5) is 0 Å². The lowest BCUT2D eigenvalue weighted by atomic mass is 9.94. The van der Waals surface area contributed by atoms with Gasteiger partial charge in [0, 0.05) is 52.7 Å². The van der Waals surface area contributed by atoms with Crippen molar-refractivity contribution >= 4 is 11.9 Å². The summed E-state index contributed by atoms with van der Waals surface area (Å²) in [5.41, 5.74) is 0. The van der Waals surface area contributed by atoms with Crippen LogP contribution in [-0.2, 0) is 19.0 Å². The number of rotatable bonds is 5. The molecule has 0 radical (unpaired) electrons. The van der Waals surface area contributed by atoms with Crippen LogP contribution in [0.3, 0.4) is 0 Å². The van der Waals surface area contributed by atoms with Gasteiger partial charge in [-0.15, -0.1) is 0 Å². The van der Waals surface area contributed by atoms with Crippen LogP contribution in [-0.4, -0.2) is 81.7 Å². The Labute approximate surface area is 162 Å². The minimum absolute atomic E-state index is 0.00865. The van der Waals surface area contributed by atoms with Crippen molar-refractivity contribution in [1.29, 1.82) is 0 Å². The molecule has 2 heterocycles. The number of hydrogen-bond donors (Lipinski definition) is 2. The smallest absolute Gasteiger partial charge is 0.243 e. The summed E-state index contributed by atoms with van der Waals surface area (Å²) in [7, 11) is 3.48. The minimum atomic E-state index is -0.364. The van der Waals surface area contributed by atoms with Crippen LogP contribution < -0.4 is 10.6 Å². The Bertz CT molecular complexity index is 514. The van der Waals surface area contributed by atoms with Crippen molar-refractivity contribution in [3.8, 4) is 0 Å². The molecule has 27 heavy (non-hydrogen) atoms. The fourth-order valence-electron chi connectivity index (χ4n) is 3.76. The number of hydrogen-bond acceptors (Lipinski definition) is 5. The number of carbonyl (C=O) groups is 1. The van der Waals surface area contributed by atoms with Gasteiger partial charge < -0.3 is 29.7 Å². The molecule has 0 aromatic rings.